The van der Waals surface area contributed by atoms with Crippen molar-refractivity contribution in [1.29, 1.82) is 0 Å². The lowest BCUT2D eigenvalue weighted by Crippen LogP contribution is -2.46. The number of carbonyl (C=O) groups is 2. The van der Waals surface area contributed by atoms with Gasteiger partial charge in [-0.15, -0.1) is 11.8 Å². The van der Waals surface area contributed by atoms with Crippen LogP contribution in [0.3, 0.4) is 0 Å². The summed E-state index contributed by atoms with van der Waals surface area (Å²) in [6.45, 7) is 4.19. The molecule has 1 aliphatic carbocycles. The highest BCUT2D eigenvalue weighted by atomic mass is 32.2. The first-order valence-electron chi connectivity index (χ1n) is 10.9. The van der Waals surface area contributed by atoms with E-state index in [1.807, 2.05) is 23.9 Å². The van der Waals surface area contributed by atoms with E-state index < -0.39 is 6.04 Å². The van der Waals surface area contributed by atoms with Crippen LogP contribution < -0.4 is 10.6 Å². The molecule has 0 spiro atoms. The Morgan fingerprint density at radius 3 is 2.52 bits per heavy atom. The molecular weight excluding hydrogens is 384 g/mol. The topological polar surface area (TPSA) is 67.4 Å². The summed E-state index contributed by atoms with van der Waals surface area (Å²) >= 11 is 1.94. The van der Waals surface area contributed by atoms with Crippen LogP contribution in [0.2, 0.25) is 0 Å². The average Bonchev–Trinajstić information content (AvgIpc) is 2.73. The molecule has 1 heterocycles. The van der Waals surface area contributed by atoms with Crippen molar-refractivity contribution in [3.8, 4) is 0 Å². The smallest absolute Gasteiger partial charge is 0.338 e. The third-order valence-electron chi connectivity index (χ3n) is 5.50. The fourth-order valence-corrected chi connectivity index (χ4v) is 5.23. The van der Waals surface area contributed by atoms with E-state index in [0.717, 1.165) is 18.4 Å². The second-order valence-corrected chi connectivity index (χ2v) is 9.07. The van der Waals surface area contributed by atoms with Crippen molar-refractivity contribution in [3.05, 3.63) is 41.1 Å². The standard InChI is InChI=1S/C23H32N2O3S/c1-3-5-11-19-20(22(26)28-4-2)21(25-23(27)24-19)16-12-14-18(15-13-16)29-17-9-7-6-8-10-17/h12-15,17,21H,3-11H2,1-2H3,(H2,24,25,27). The van der Waals surface area contributed by atoms with Gasteiger partial charge in [-0.05, 0) is 50.3 Å². The van der Waals surface area contributed by atoms with Crippen LogP contribution in [0.4, 0.5) is 4.79 Å². The number of allylic oxidation sites excluding steroid dienone is 1. The van der Waals surface area contributed by atoms with Gasteiger partial charge in [-0.3, -0.25) is 0 Å². The number of ether oxygens (including phenoxy) is 1. The summed E-state index contributed by atoms with van der Waals surface area (Å²) in [5.41, 5.74) is 2.11. The predicted octanol–water partition coefficient (Wildman–Crippen LogP) is 5.47. The van der Waals surface area contributed by atoms with E-state index >= 15 is 0 Å². The number of benzene rings is 1. The number of unbranched alkanes of at least 4 members (excludes halogenated alkanes) is 1. The molecule has 6 heteroatoms. The van der Waals surface area contributed by atoms with Gasteiger partial charge in [0.15, 0.2) is 0 Å². The van der Waals surface area contributed by atoms with Gasteiger partial charge in [0.05, 0.1) is 18.2 Å². The highest BCUT2D eigenvalue weighted by Crippen LogP contribution is 2.35. The maximum atomic E-state index is 12.7. The Kier molecular flexibility index (Phi) is 8.04. The van der Waals surface area contributed by atoms with Gasteiger partial charge in [0.1, 0.15) is 0 Å². The highest BCUT2D eigenvalue weighted by Gasteiger charge is 2.33. The lowest BCUT2D eigenvalue weighted by atomic mass is 9.93. The third-order valence-corrected chi connectivity index (χ3v) is 6.85. The van der Waals surface area contributed by atoms with Gasteiger partial charge < -0.3 is 15.4 Å². The van der Waals surface area contributed by atoms with Crippen molar-refractivity contribution in [1.82, 2.24) is 10.6 Å². The van der Waals surface area contributed by atoms with E-state index in [4.69, 9.17) is 4.74 Å². The van der Waals surface area contributed by atoms with Gasteiger partial charge in [0.2, 0.25) is 0 Å². The minimum Gasteiger partial charge on any atom is -0.463 e. The zero-order valence-corrected chi connectivity index (χ0v) is 18.3. The number of urea groups is 1. The third kappa shape index (κ3) is 5.78. The Morgan fingerprint density at radius 2 is 1.86 bits per heavy atom. The molecule has 1 aromatic rings. The van der Waals surface area contributed by atoms with Crippen LogP contribution in [0.15, 0.2) is 40.4 Å². The quantitative estimate of drug-likeness (QED) is 0.551. The molecule has 0 aromatic heterocycles. The number of rotatable bonds is 8. The van der Waals surface area contributed by atoms with Crippen molar-refractivity contribution in [3.63, 3.8) is 0 Å². The molecular formula is C23H32N2O3S. The zero-order valence-electron chi connectivity index (χ0n) is 17.5. The fourth-order valence-electron chi connectivity index (χ4n) is 3.98. The Labute approximate surface area is 178 Å². The van der Waals surface area contributed by atoms with Crippen LogP contribution in [0.25, 0.3) is 0 Å². The van der Waals surface area contributed by atoms with Crippen LogP contribution in [-0.2, 0) is 9.53 Å². The van der Waals surface area contributed by atoms with Crippen molar-refractivity contribution < 1.29 is 14.3 Å². The van der Waals surface area contributed by atoms with E-state index in [1.54, 1.807) is 6.92 Å². The van der Waals surface area contributed by atoms with Gasteiger partial charge in [0.25, 0.3) is 0 Å². The van der Waals surface area contributed by atoms with Crippen LogP contribution in [0.5, 0.6) is 0 Å². The molecule has 29 heavy (non-hydrogen) atoms. The van der Waals surface area contributed by atoms with Crippen molar-refractivity contribution in [2.45, 2.75) is 81.4 Å². The molecule has 1 saturated carbocycles. The Hall–Kier alpha value is -1.95. The first-order chi connectivity index (χ1) is 14.1. The molecule has 2 N–H and O–H groups in total. The molecule has 3 rings (SSSR count). The lowest BCUT2D eigenvalue weighted by Gasteiger charge is -2.29. The maximum Gasteiger partial charge on any atom is 0.338 e. The highest BCUT2D eigenvalue weighted by molar-refractivity contribution is 8.00. The number of hydrogen-bond donors (Lipinski definition) is 2. The first kappa shape index (κ1) is 21.8. The molecule has 158 valence electrons. The number of hydrogen-bond acceptors (Lipinski definition) is 4. The number of amides is 2. The molecule has 1 atom stereocenters. The number of nitrogens with one attached hydrogen (secondary N) is 2. The monoisotopic (exact) mass is 416 g/mol. The largest absolute Gasteiger partial charge is 0.463 e. The molecule has 0 bridgehead atoms. The van der Waals surface area contributed by atoms with Crippen LogP contribution >= 0.6 is 11.8 Å². The molecule has 1 aromatic carbocycles. The Balaban J connectivity index is 1.83. The molecule has 1 aliphatic heterocycles. The molecule has 5 nitrogen and oxygen atoms in total. The summed E-state index contributed by atoms with van der Waals surface area (Å²) in [4.78, 5) is 26.2. The summed E-state index contributed by atoms with van der Waals surface area (Å²) in [6.07, 6.45) is 9.12. The van der Waals surface area contributed by atoms with Crippen molar-refractivity contribution in [2.24, 2.45) is 0 Å². The van der Waals surface area contributed by atoms with Gasteiger partial charge in [-0.2, -0.15) is 0 Å². The van der Waals surface area contributed by atoms with Crippen molar-refractivity contribution >= 4 is 23.8 Å². The summed E-state index contributed by atoms with van der Waals surface area (Å²) in [5.74, 6) is -0.364. The second-order valence-electron chi connectivity index (χ2n) is 7.69. The molecule has 1 fully saturated rings. The first-order valence-corrected chi connectivity index (χ1v) is 11.7. The molecule has 0 saturated heterocycles. The minimum atomic E-state index is -0.483. The molecule has 2 aliphatic rings. The summed E-state index contributed by atoms with van der Waals surface area (Å²) in [7, 11) is 0. The summed E-state index contributed by atoms with van der Waals surface area (Å²) in [6, 6.07) is 7.52. The van der Waals surface area contributed by atoms with Gasteiger partial charge in [-0.25, -0.2) is 9.59 Å². The molecule has 1 unspecified atom stereocenters. The van der Waals surface area contributed by atoms with Crippen LogP contribution in [0.1, 0.15) is 76.8 Å². The Morgan fingerprint density at radius 1 is 1.14 bits per heavy atom. The zero-order chi connectivity index (χ0) is 20.6. The van der Waals surface area contributed by atoms with Gasteiger partial charge in [-0.1, -0.05) is 44.7 Å². The molecule has 0 radical (unpaired) electrons. The van der Waals surface area contributed by atoms with Crippen molar-refractivity contribution in [2.75, 3.05) is 6.61 Å². The lowest BCUT2D eigenvalue weighted by molar-refractivity contribution is -0.139. The number of carbonyl (C=O) groups excluding carboxylic acids is 2. The van der Waals surface area contributed by atoms with Gasteiger partial charge >= 0.3 is 12.0 Å². The predicted molar refractivity (Wildman–Crippen MR) is 117 cm³/mol. The van der Waals surface area contributed by atoms with E-state index in [-0.39, 0.29) is 12.0 Å². The number of thioether (sulfide) groups is 1. The molecule has 2 amide bonds. The van der Waals surface area contributed by atoms with E-state index in [9.17, 15) is 9.59 Å². The van der Waals surface area contributed by atoms with Crippen LogP contribution in [-0.4, -0.2) is 23.9 Å². The summed E-state index contributed by atoms with van der Waals surface area (Å²) in [5, 5.41) is 6.44. The summed E-state index contributed by atoms with van der Waals surface area (Å²) < 4.78 is 5.31. The van der Waals surface area contributed by atoms with E-state index in [1.165, 1.54) is 37.0 Å². The van der Waals surface area contributed by atoms with Crippen LogP contribution in [0, 0.1) is 0 Å². The normalized spacial score (nSPS) is 20.2. The maximum absolute atomic E-state index is 12.7. The Bertz CT molecular complexity index is 739. The van der Waals surface area contributed by atoms with Gasteiger partial charge in [0, 0.05) is 15.8 Å². The second kappa shape index (κ2) is 10.7. The minimum absolute atomic E-state index is 0.269. The van der Waals surface area contributed by atoms with E-state index in [2.05, 4.69) is 29.7 Å². The number of esters is 1. The SMILES string of the molecule is CCCCC1=C(C(=O)OCC)C(c2ccc(SC3CCCCC3)cc2)NC(=O)N1. The average molecular weight is 417 g/mol. The van der Waals surface area contributed by atoms with E-state index in [0.29, 0.717) is 29.5 Å². The fraction of sp³-hybridized carbons (Fsp3) is 0.565.